The topological polar surface area (TPSA) is 117 Å². The second-order valence-corrected chi connectivity index (χ2v) is 14.7. The predicted molar refractivity (Wildman–Crippen MR) is 218 cm³/mol. The van der Waals surface area contributed by atoms with E-state index in [0.29, 0.717) is 42.9 Å². The Morgan fingerprint density at radius 3 is 2.25 bits per heavy atom. The molecule has 2 aliphatic rings. The van der Waals surface area contributed by atoms with Gasteiger partial charge < -0.3 is 25.6 Å². The largest absolute Gasteiger partial charge is 0.381 e. The molecule has 3 N–H and O–H groups in total. The number of fused-ring (bicyclic) bond motifs is 1. The van der Waals surface area contributed by atoms with Gasteiger partial charge >= 0.3 is 0 Å². The number of carbonyl (C=O) groups excluding carboxylic acids is 2. The number of aryl methyl sites for hydroxylation is 2. The van der Waals surface area contributed by atoms with Crippen LogP contribution in [0.3, 0.4) is 0 Å². The molecule has 2 saturated heterocycles. The van der Waals surface area contributed by atoms with Crippen LogP contribution in [0.15, 0.2) is 72.9 Å². The minimum absolute atomic E-state index is 0.205. The first-order valence-electron chi connectivity index (χ1n) is 20.0. The third-order valence-electron chi connectivity index (χ3n) is 11.0. The van der Waals surface area contributed by atoms with E-state index in [1.54, 1.807) is 36.4 Å². The van der Waals surface area contributed by atoms with Crippen molar-refractivity contribution in [3.8, 4) is 11.1 Å². The van der Waals surface area contributed by atoms with Crippen LogP contribution < -0.4 is 16.0 Å². The molecule has 2 aliphatic heterocycles. The predicted octanol–water partition coefficient (Wildman–Crippen LogP) is 6.41. The number of nitrogens with one attached hydrogen (secondary N) is 3. The van der Waals surface area contributed by atoms with Crippen molar-refractivity contribution in [2.45, 2.75) is 72.3 Å². The fourth-order valence-corrected chi connectivity index (χ4v) is 7.72. The Hall–Kier alpha value is -5.17. The summed E-state index contributed by atoms with van der Waals surface area (Å²) < 4.78 is 22.7. The van der Waals surface area contributed by atoms with E-state index in [9.17, 15) is 9.59 Å². The molecule has 2 fully saturated rings. The molecule has 5 aromatic rings. The van der Waals surface area contributed by atoms with Gasteiger partial charge in [-0.25, -0.2) is 14.1 Å². The number of hydrogen-bond donors (Lipinski definition) is 3. The molecular weight excluding hydrogens is 708 g/mol. The van der Waals surface area contributed by atoms with Gasteiger partial charge in [-0.2, -0.15) is 5.10 Å². The number of carbonyl (C=O) groups is 2. The molecule has 3 aromatic carbocycles. The highest BCUT2D eigenvalue weighted by molar-refractivity contribution is 6.00. The average Bonchev–Trinajstić information content (AvgIpc) is 3.66. The van der Waals surface area contributed by atoms with Crippen LogP contribution in [-0.2, 0) is 37.3 Å². The lowest BCUT2D eigenvalue weighted by atomic mass is 10.00. The molecule has 0 radical (unpaired) electrons. The van der Waals surface area contributed by atoms with Crippen LogP contribution in [-0.4, -0.2) is 88.4 Å². The lowest BCUT2D eigenvalue weighted by molar-refractivity contribution is 0.0904. The zero-order valence-corrected chi connectivity index (χ0v) is 32.7. The normalized spacial score (nSPS) is 15.6. The van der Waals surface area contributed by atoms with Gasteiger partial charge in [-0.05, 0) is 85.8 Å². The number of aromatic nitrogens is 3. The fraction of sp³-hybridized carbons (Fsp3) is 0.409. The summed E-state index contributed by atoms with van der Waals surface area (Å²) in [5.41, 5.74) is 7.56. The molecule has 0 bridgehead atoms. The molecule has 0 saturated carbocycles. The standard InChI is InChI=1S/C44H53FN8O3/c1-4-40-37(41(49-35-15-21-56-22-16-35)38-28-48-53(6-3)42(38)50-40)27-47-44(55)34-12-8-11-33(25-34)43(54)46-26-30-13-14-39(45)36(24-30)32-10-7-9-31(23-32)29-52-19-17-51(5-2)18-20-52/h7-14,23-25,28,35H,4-6,15-22,26-27,29H2,1-3H3,(H,46,54)(H,47,55)(H,49,50). The lowest BCUT2D eigenvalue weighted by Gasteiger charge is -2.34. The number of ether oxygens (including phenoxy) is 1. The summed E-state index contributed by atoms with van der Waals surface area (Å²) in [6, 6.07) is 19.9. The molecule has 56 heavy (non-hydrogen) atoms. The monoisotopic (exact) mass is 760 g/mol. The van der Waals surface area contributed by atoms with E-state index in [-0.39, 0.29) is 36.8 Å². The van der Waals surface area contributed by atoms with Gasteiger partial charge in [0, 0.05) is 99.6 Å². The molecule has 0 atom stereocenters. The highest BCUT2D eigenvalue weighted by Crippen LogP contribution is 2.31. The number of pyridine rings is 1. The Bertz CT molecular complexity index is 2160. The molecule has 12 heteroatoms. The number of benzene rings is 3. The third kappa shape index (κ3) is 9.09. The Morgan fingerprint density at radius 1 is 0.821 bits per heavy atom. The Kier molecular flexibility index (Phi) is 12.7. The fourth-order valence-electron chi connectivity index (χ4n) is 7.72. The van der Waals surface area contributed by atoms with Crippen LogP contribution in [0.2, 0.25) is 0 Å². The van der Waals surface area contributed by atoms with Gasteiger partial charge in [-0.3, -0.25) is 14.5 Å². The van der Waals surface area contributed by atoms with Gasteiger partial charge in [0.2, 0.25) is 0 Å². The number of rotatable bonds is 14. The second kappa shape index (κ2) is 18.2. The molecule has 4 heterocycles. The van der Waals surface area contributed by atoms with Gasteiger partial charge in [-0.15, -0.1) is 0 Å². The van der Waals surface area contributed by atoms with Crippen molar-refractivity contribution >= 4 is 28.5 Å². The van der Waals surface area contributed by atoms with Crippen LogP contribution in [0.4, 0.5) is 10.1 Å². The van der Waals surface area contributed by atoms with Crippen molar-refractivity contribution in [3.63, 3.8) is 0 Å². The lowest BCUT2D eigenvalue weighted by Crippen LogP contribution is -2.45. The van der Waals surface area contributed by atoms with E-state index in [1.165, 1.54) is 6.07 Å². The number of anilines is 1. The third-order valence-corrected chi connectivity index (χ3v) is 11.0. The maximum Gasteiger partial charge on any atom is 0.251 e. The second-order valence-electron chi connectivity index (χ2n) is 14.7. The van der Waals surface area contributed by atoms with Crippen molar-refractivity contribution in [3.05, 3.63) is 112 Å². The number of hydrogen-bond acceptors (Lipinski definition) is 8. The summed E-state index contributed by atoms with van der Waals surface area (Å²) in [5.74, 6) is -0.928. The number of amides is 2. The van der Waals surface area contributed by atoms with E-state index in [4.69, 9.17) is 9.72 Å². The quantitative estimate of drug-likeness (QED) is 0.119. The van der Waals surface area contributed by atoms with Crippen LogP contribution in [0.25, 0.3) is 22.2 Å². The van der Waals surface area contributed by atoms with Crippen LogP contribution in [0.1, 0.15) is 76.7 Å². The number of piperazine rings is 1. The molecule has 0 aliphatic carbocycles. The molecule has 294 valence electrons. The number of likely N-dealkylation sites (N-methyl/N-ethyl adjacent to an activating group) is 1. The van der Waals surface area contributed by atoms with Gasteiger partial charge in [0.15, 0.2) is 5.65 Å². The maximum atomic E-state index is 15.2. The summed E-state index contributed by atoms with van der Waals surface area (Å²) in [6.45, 7) is 14.9. The first-order chi connectivity index (χ1) is 27.3. The summed E-state index contributed by atoms with van der Waals surface area (Å²) in [4.78, 5) is 36.8. The first-order valence-corrected chi connectivity index (χ1v) is 20.0. The van der Waals surface area contributed by atoms with E-state index in [0.717, 1.165) is 96.8 Å². The molecule has 0 unspecified atom stereocenters. The number of halogens is 1. The maximum absolute atomic E-state index is 15.2. The van der Waals surface area contributed by atoms with Crippen LogP contribution in [0, 0.1) is 5.82 Å². The van der Waals surface area contributed by atoms with Gasteiger partial charge in [-0.1, -0.05) is 44.2 Å². The SMILES string of the molecule is CCc1nc2c(cnn2CC)c(NC2CCOCC2)c1CNC(=O)c1cccc(C(=O)NCc2ccc(F)c(-c3cccc(CN4CCN(CC)CC4)c3)c2)c1. The molecule has 7 rings (SSSR count). The Morgan fingerprint density at radius 2 is 1.54 bits per heavy atom. The molecule has 0 spiro atoms. The van der Waals surface area contributed by atoms with Crippen LogP contribution >= 0.6 is 0 Å². The summed E-state index contributed by atoms with van der Waals surface area (Å²) in [6.07, 6.45) is 4.32. The highest BCUT2D eigenvalue weighted by Gasteiger charge is 2.23. The summed E-state index contributed by atoms with van der Waals surface area (Å²) >= 11 is 0. The minimum Gasteiger partial charge on any atom is -0.381 e. The number of nitrogens with zero attached hydrogens (tertiary/aromatic N) is 5. The van der Waals surface area contributed by atoms with Crippen molar-refractivity contribution < 1.29 is 18.7 Å². The average molecular weight is 761 g/mol. The van der Waals surface area contributed by atoms with E-state index in [2.05, 4.69) is 56.8 Å². The smallest absolute Gasteiger partial charge is 0.251 e. The van der Waals surface area contributed by atoms with Crippen molar-refractivity contribution in [2.24, 2.45) is 0 Å². The Labute approximate surface area is 328 Å². The zero-order valence-electron chi connectivity index (χ0n) is 32.7. The van der Waals surface area contributed by atoms with Gasteiger partial charge in [0.05, 0.1) is 17.3 Å². The van der Waals surface area contributed by atoms with Crippen molar-refractivity contribution in [1.82, 2.24) is 35.2 Å². The zero-order chi connectivity index (χ0) is 39.0. The van der Waals surface area contributed by atoms with Crippen molar-refractivity contribution in [2.75, 3.05) is 51.3 Å². The Balaban J connectivity index is 1.01. The van der Waals surface area contributed by atoms with Crippen molar-refractivity contribution in [1.29, 1.82) is 0 Å². The summed E-state index contributed by atoms with van der Waals surface area (Å²) in [7, 11) is 0. The van der Waals surface area contributed by atoms with Gasteiger partial charge in [0.25, 0.3) is 11.8 Å². The molecule has 11 nitrogen and oxygen atoms in total. The molecule has 2 amide bonds. The summed E-state index contributed by atoms with van der Waals surface area (Å²) in [5, 5.41) is 15.3. The van der Waals surface area contributed by atoms with E-state index in [1.807, 2.05) is 29.9 Å². The molecular formula is C44H53FN8O3. The first kappa shape index (κ1) is 39.1. The van der Waals surface area contributed by atoms with E-state index >= 15 is 4.39 Å². The minimum atomic E-state index is -0.325. The molecule has 2 aromatic heterocycles. The van der Waals surface area contributed by atoms with Gasteiger partial charge in [0.1, 0.15) is 5.82 Å². The highest BCUT2D eigenvalue weighted by atomic mass is 19.1. The van der Waals surface area contributed by atoms with Crippen LogP contribution in [0.5, 0.6) is 0 Å². The van der Waals surface area contributed by atoms with E-state index < -0.39 is 0 Å².